The van der Waals surface area contributed by atoms with Gasteiger partial charge in [0.2, 0.25) is 0 Å². The average Bonchev–Trinajstić information content (AvgIpc) is 3.04. The molecule has 128 valence electrons. The third-order valence-corrected chi connectivity index (χ3v) is 5.28. The van der Waals surface area contributed by atoms with Gasteiger partial charge in [0.05, 0.1) is 18.2 Å². The van der Waals surface area contributed by atoms with Gasteiger partial charge in [-0.15, -0.1) is 0 Å². The van der Waals surface area contributed by atoms with E-state index in [0.717, 1.165) is 44.9 Å². The maximum atomic E-state index is 10.8. The highest BCUT2D eigenvalue weighted by molar-refractivity contribution is 5.28. The van der Waals surface area contributed by atoms with Gasteiger partial charge in [-0.25, -0.2) is 0 Å². The maximum absolute atomic E-state index is 10.8. The number of hydrogen-bond donors (Lipinski definition) is 1. The van der Waals surface area contributed by atoms with Gasteiger partial charge < -0.3 is 9.84 Å². The standard InChI is InChI=1S/C19H30N2O2/c1-3-23-17-8-6-7-16(13-17)14-20-12-9-19(2,22)18(15-20)21-10-4-5-11-21/h6-8,13,18,22H,3-5,9-12,14-15H2,1-2H3. The van der Waals surface area contributed by atoms with Crippen molar-refractivity contribution in [3.05, 3.63) is 29.8 Å². The van der Waals surface area contributed by atoms with Crippen LogP contribution in [0.5, 0.6) is 5.75 Å². The summed E-state index contributed by atoms with van der Waals surface area (Å²) >= 11 is 0. The second kappa shape index (κ2) is 7.20. The molecule has 2 aliphatic rings. The fraction of sp³-hybridized carbons (Fsp3) is 0.684. The molecule has 4 heteroatoms. The Morgan fingerprint density at radius 2 is 2.04 bits per heavy atom. The number of nitrogens with zero attached hydrogens (tertiary/aromatic N) is 2. The summed E-state index contributed by atoms with van der Waals surface area (Å²) in [7, 11) is 0. The van der Waals surface area contributed by atoms with Crippen LogP contribution < -0.4 is 4.74 Å². The molecule has 1 aromatic rings. The Bertz CT molecular complexity index is 512. The molecule has 4 nitrogen and oxygen atoms in total. The van der Waals surface area contributed by atoms with Gasteiger partial charge >= 0.3 is 0 Å². The minimum absolute atomic E-state index is 0.258. The van der Waals surface area contributed by atoms with Gasteiger partial charge in [-0.1, -0.05) is 12.1 Å². The van der Waals surface area contributed by atoms with E-state index >= 15 is 0 Å². The number of aliphatic hydroxyl groups is 1. The quantitative estimate of drug-likeness (QED) is 0.905. The largest absolute Gasteiger partial charge is 0.494 e. The van der Waals surface area contributed by atoms with Crippen LogP contribution in [0.2, 0.25) is 0 Å². The van der Waals surface area contributed by atoms with Gasteiger partial charge in [-0.3, -0.25) is 9.80 Å². The second-order valence-corrected chi connectivity index (χ2v) is 7.18. The van der Waals surface area contributed by atoms with E-state index in [1.165, 1.54) is 18.4 Å². The highest BCUT2D eigenvalue weighted by Crippen LogP contribution is 2.29. The van der Waals surface area contributed by atoms with Gasteiger partial charge in [-0.05, 0) is 63.9 Å². The van der Waals surface area contributed by atoms with Crippen LogP contribution in [0.4, 0.5) is 0 Å². The summed E-state index contributed by atoms with van der Waals surface area (Å²) in [5.74, 6) is 0.949. The Kier molecular flexibility index (Phi) is 5.24. The molecule has 2 aliphatic heterocycles. The first-order valence-corrected chi connectivity index (χ1v) is 8.99. The van der Waals surface area contributed by atoms with Gasteiger partial charge in [0.1, 0.15) is 5.75 Å². The van der Waals surface area contributed by atoms with Crippen LogP contribution in [0.1, 0.15) is 38.7 Å². The van der Waals surface area contributed by atoms with Crippen LogP contribution in [0, 0.1) is 0 Å². The monoisotopic (exact) mass is 318 g/mol. The second-order valence-electron chi connectivity index (χ2n) is 7.18. The van der Waals surface area contributed by atoms with E-state index < -0.39 is 5.60 Å². The van der Waals surface area contributed by atoms with E-state index in [9.17, 15) is 5.11 Å². The zero-order valence-electron chi connectivity index (χ0n) is 14.5. The molecule has 2 heterocycles. The average molecular weight is 318 g/mol. The maximum Gasteiger partial charge on any atom is 0.119 e. The van der Waals surface area contributed by atoms with E-state index in [0.29, 0.717) is 6.61 Å². The summed E-state index contributed by atoms with van der Waals surface area (Å²) in [6.07, 6.45) is 3.38. The third kappa shape index (κ3) is 4.06. The molecule has 0 spiro atoms. The molecule has 2 unspecified atom stereocenters. The Balaban J connectivity index is 1.65. The highest BCUT2D eigenvalue weighted by atomic mass is 16.5. The zero-order chi connectivity index (χ0) is 16.3. The van der Waals surface area contributed by atoms with Crippen LogP contribution in [0.25, 0.3) is 0 Å². The highest BCUT2D eigenvalue weighted by Gasteiger charge is 2.41. The van der Waals surface area contributed by atoms with E-state index in [4.69, 9.17) is 4.74 Å². The molecule has 23 heavy (non-hydrogen) atoms. The molecular formula is C19H30N2O2. The van der Waals surface area contributed by atoms with E-state index in [1.807, 2.05) is 19.9 Å². The van der Waals surface area contributed by atoms with E-state index in [1.54, 1.807) is 0 Å². The minimum Gasteiger partial charge on any atom is -0.494 e. The number of hydrogen-bond acceptors (Lipinski definition) is 4. The van der Waals surface area contributed by atoms with E-state index in [-0.39, 0.29) is 6.04 Å². The van der Waals surface area contributed by atoms with Crippen molar-refractivity contribution in [2.75, 3.05) is 32.8 Å². The molecule has 0 bridgehead atoms. The molecule has 3 rings (SSSR count). The van der Waals surface area contributed by atoms with Crippen LogP contribution in [0.3, 0.4) is 0 Å². The summed E-state index contributed by atoms with van der Waals surface area (Å²) in [5.41, 5.74) is 0.728. The first kappa shape index (κ1) is 16.7. The molecule has 2 atom stereocenters. The van der Waals surface area contributed by atoms with Gasteiger partial charge in [0.25, 0.3) is 0 Å². The zero-order valence-corrected chi connectivity index (χ0v) is 14.5. The lowest BCUT2D eigenvalue weighted by Gasteiger charge is -2.46. The van der Waals surface area contributed by atoms with Crippen molar-refractivity contribution in [1.82, 2.24) is 9.80 Å². The molecular weight excluding hydrogens is 288 g/mol. The summed E-state index contributed by atoms with van der Waals surface area (Å²) in [6.45, 7) is 9.84. The van der Waals surface area contributed by atoms with Crippen molar-refractivity contribution >= 4 is 0 Å². The predicted octanol–water partition coefficient (Wildman–Crippen LogP) is 2.51. The Morgan fingerprint density at radius 3 is 2.78 bits per heavy atom. The number of likely N-dealkylation sites (tertiary alicyclic amines) is 2. The lowest BCUT2D eigenvalue weighted by atomic mass is 9.87. The lowest BCUT2D eigenvalue weighted by molar-refractivity contribution is -0.0776. The van der Waals surface area contributed by atoms with Crippen LogP contribution in [-0.2, 0) is 6.54 Å². The van der Waals surface area contributed by atoms with E-state index in [2.05, 4.69) is 28.0 Å². The smallest absolute Gasteiger partial charge is 0.119 e. The van der Waals surface area contributed by atoms with Gasteiger partial charge in [0, 0.05) is 19.6 Å². The molecule has 0 aromatic heterocycles. The number of ether oxygens (including phenoxy) is 1. The van der Waals surface area contributed by atoms with Crippen molar-refractivity contribution < 1.29 is 9.84 Å². The first-order valence-electron chi connectivity index (χ1n) is 8.99. The van der Waals surface area contributed by atoms with Crippen LogP contribution in [0.15, 0.2) is 24.3 Å². The molecule has 0 radical (unpaired) electrons. The fourth-order valence-corrected chi connectivity index (χ4v) is 3.95. The molecule has 0 saturated carbocycles. The summed E-state index contributed by atoms with van der Waals surface area (Å²) in [4.78, 5) is 4.97. The summed E-state index contributed by atoms with van der Waals surface area (Å²) in [5, 5.41) is 10.8. The molecule has 1 N–H and O–H groups in total. The van der Waals surface area contributed by atoms with Crippen molar-refractivity contribution in [1.29, 1.82) is 0 Å². The SMILES string of the molecule is CCOc1cccc(CN2CCC(C)(O)C(N3CCCC3)C2)c1. The van der Waals surface area contributed by atoms with Crippen molar-refractivity contribution in [3.8, 4) is 5.75 Å². The van der Waals surface area contributed by atoms with Crippen molar-refractivity contribution in [2.45, 2.75) is 51.3 Å². The summed E-state index contributed by atoms with van der Waals surface area (Å²) in [6, 6.07) is 8.65. The number of benzene rings is 1. The van der Waals surface area contributed by atoms with Crippen LogP contribution in [-0.4, -0.2) is 59.3 Å². The summed E-state index contributed by atoms with van der Waals surface area (Å²) < 4.78 is 5.60. The Labute approximate surface area is 140 Å². The Morgan fingerprint density at radius 1 is 1.26 bits per heavy atom. The van der Waals surface area contributed by atoms with Crippen molar-refractivity contribution in [2.24, 2.45) is 0 Å². The minimum atomic E-state index is -0.561. The molecule has 0 amide bonds. The Hall–Kier alpha value is -1.10. The normalized spacial score (nSPS) is 29.8. The molecule has 0 aliphatic carbocycles. The molecule has 1 aromatic carbocycles. The number of rotatable bonds is 5. The fourth-order valence-electron chi connectivity index (χ4n) is 3.95. The lowest BCUT2D eigenvalue weighted by Crippen LogP contribution is -2.60. The predicted molar refractivity (Wildman–Crippen MR) is 92.7 cm³/mol. The molecule has 2 saturated heterocycles. The first-order chi connectivity index (χ1) is 11.1. The van der Waals surface area contributed by atoms with Crippen LogP contribution >= 0.6 is 0 Å². The van der Waals surface area contributed by atoms with Gasteiger partial charge in [0.15, 0.2) is 0 Å². The van der Waals surface area contributed by atoms with Gasteiger partial charge in [-0.2, -0.15) is 0 Å². The third-order valence-electron chi connectivity index (χ3n) is 5.28. The topological polar surface area (TPSA) is 35.9 Å². The molecule has 2 fully saturated rings. The number of piperidine rings is 1. The van der Waals surface area contributed by atoms with Crippen molar-refractivity contribution in [3.63, 3.8) is 0 Å².